The van der Waals surface area contributed by atoms with E-state index < -0.39 is 11.9 Å². The zero-order valence-corrected chi connectivity index (χ0v) is 12.3. The number of hydrogen-bond acceptors (Lipinski definition) is 5. The molecule has 0 saturated heterocycles. The van der Waals surface area contributed by atoms with Crippen molar-refractivity contribution in [2.24, 2.45) is 0 Å². The van der Waals surface area contributed by atoms with Gasteiger partial charge in [-0.3, -0.25) is 0 Å². The highest BCUT2D eigenvalue weighted by molar-refractivity contribution is 5.56. The molecule has 1 aromatic carbocycles. The first-order valence-electron chi connectivity index (χ1n) is 6.34. The Balaban J connectivity index is 2.34. The topological polar surface area (TPSA) is 50.3 Å². The lowest BCUT2D eigenvalue weighted by atomic mass is 10.3. The summed E-state index contributed by atoms with van der Waals surface area (Å²) in [6, 6.07) is 7.60. The number of nitrogens with one attached hydrogen (secondary N) is 1. The third kappa shape index (κ3) is 3.78. The van der Waals surface area contributed by atoms with Crippen LogP contribution < -0.4 is 15.0 Å². The fourth-order valence-electron chi connectivity index (χ4n) is 1.67. The Hall–Kier alpha value is -2.51. The molecule has 0 spiro atoms. The molecule has 22 heavy (non-hydrogen) atoms. The van der Waals surface area contributed by atoms with E-state index in [4.69, 9.17) is 4.74 Å². The van der Waals surface area contributed by atoms with Crippen molar-refractivity contribution in [2.45, 2.75) is 6.18 Å². The molecule has 0 aliphatic rings. The summed E-state index contributed by atoms with van der Waals surface area (Å²) in [6.45, 7) is 0. The van der Waals surface area contributed by atoms with Crippen molar-refractivity contribution in [3.63, 3.8) is 0 Å². The predicted octanol–water partition coefficient (Wildman–Crippen LogP) is 3.31. The smallest absolute Gasteiger partial charge is 0.433 e. The van der Waals surface area contributed by atoms with Crippen molar-refractivity contribution in [3.05, 3.63) is 36.0 Å². The van der Waals surface area contributed by atoms with Crippen LogP contribution in [0.15, 0.2) is 30.3 Å². The fourth-order valence-corrected chi connectivity index (χ4v) is 1.67. The van der Waals surface area contributed by atoms with Crippen LogP contribution in [0.25, 0.3) is 0 Å². The van der Waals surface area contributed by atoms with Crippen LogP contribution in [-0.2, 0) is 6.18 Å². The lowest BCUT2D eigenvalue weighted by Gasteiger charge is -2.16. The molecule has 1 heterocycles. The Bertz CT molecular complexity index is 642. The molecule has 0 unspecified atom stereocenters. The lowest BCUT2D eigenvalue weighted by Crippen LogP contribution is -2.16. The zero-order valence-electron chi connectivity index (χ0n) is 12.3. The predicted molar refractivity (Wildman–Crippen MR) is 77.6 cm³/mol. The van der Waals surface area contributed by atoms with E-state index in [1.54, 1.807) is 38.4 Å². The first-order valence-corrected chi connectivity index (χ1v) is 6.34. The molecule has 0 bridgehead atoms. The zero-order chi connectivity index (χ0) is 16.3. The largest absolute Gasteiger partial charge is 0.497 e. The van der Waals surface area contributed by atoms with E-state index in [-0.39, 0.29) is 11.8 Å². The molecule has 1 aromatic heterocycles. The molecule has 8 heteroatoms. The number of methoxy groups -OCH3 is 1. The van der Waals surface area contributed by atoms with Crippen LogP contribution in [0.3, 0.4) is 0 Å². The maximum atomic E-state index is 12.9. The van der Waals surface area contributed by atoms with Crippen LogP contribution >= 0.6 is 0 Å². The summed E-state index contributed by atoms with van der Waals surface area (Å²) < 4.78 is 43.7. The van der Waals surface area contributed by atoms with Crippen LogP contribution in [0, 0.1) is 0 Å². The maximum Gasteiger partial charge on any atom is 0.433 e. The molecule has 2 aromatic rings. The van der Waals surface area contributed by atoms with Gasteiger partial charge in [0.05, 0.1) is 7.11 Å². The molecular weight excluding hydrogens is 297 g/mol. The van der Waals surface area contributed by atoms with Crippen LogP contribution in [0.4, 0.5) is 30.6 Å². The summed E-state index contributed by atoms with van der Waals surface area (Å²) in [7, 11) is 4.75. The molecule has 0 aliphatic carbocycles. The summed E-state index contributed by atoms with van der Waals surface area (Å²) in [5, 5.41) is 2.76. The van der Waals surface area contributed by atoms with Gasteiger partial charge in [0.25, 0.3) is 0 Å². The molecule has 2 rings (SSSR count). The highest BCUT2D eigenvalue weighted by Crippen LogP contribution is 2.30. The molecule has 0 aliphatic heterocycles. The average Bonchev–Trinajstić information content (AvgIpc) is 2.46. The van der Waals surface area contributed by atoms with Crippen LogP contribution in [-0.4, -0.2) is 31.2 Å². The van der Waals surface area contributed by atoms with Crippen molar-refractivity contribution >= 4 is 17.5 Å². The van der Waals surface area contributed by atoms with Crippen molar-refractivity contribution in [1.82, 2.24) is 9.97 Å². The Morgan fingerprint density at radius 1 is 1.09 bits per heavy atom. The van der Waals surface area contributed by atoms with Crippen LogP contribution in [0.2, 0.25) is 0 Å². The van der Waals surface area contributed by atoms with Gasteiger partial charge in [-0.1, -0.05) is 0 Å². The number of halogens is 3. The van der Waals surface area contributed by atoms with E-state index in [0.29, 0.717) is 11.4 Å². The Morgan fingerprint density at radius 2 is 1.73 bits per heavy atom. The molecule has 1 N–H and O–H groups in total. The minimum Gasteiger partial charge on any atom is -0.497 e. The van der Waals surface area contributed by atoms with E-state index in [2.05, 4.69) is 15.3 Å². The average molecular weight is 312 g/mol. The Kier molecular flexibility index (Phi) is 4.39. The molecule has 0 amide bonds. The third-order valence-corrected chi connectivity index (χ3v) is 2.81. The second kappa shape index (κ2) is 6.08. The van der Waals surface area contributed by atoms with Gasteiger partial charge in [-0.15, -0.1) is 0 Å². The van der Waals surface area contributed by atoms with Crippen molar-refractivity contribution in [1.29, 1.82) is 0 Å². The number of aromatic nitrogens is 2. The Labute approximate surface area is 125 Å². The van der Waals surface area contributed by atoms with E-state index in [1.807, 2.05) is 0 Å². The minimum absolute atomic E-state index is 0.122. The van der Waals surface area contributed by atoms with Gasteiger partial charge < -0.3 is 15.0 Å². The highest BCUT2D eigenvalue weighted by Gasteiger charge is 2.34. The quantitative estimate of drug-likeness (QED) is 0.938. The van der Waals surface area contributed by atoms with E-state index in [9.17, 15) is 13.2 Å². The van der Waals surface area contributed by atoms with E-state index in [0.717, 1.165) is 6.07 Å². The van der Waals surface area contributed by atoms with Gasteiger partial charge in [-0.2, -0.15) is 18.2 Å². The number of hydrogen-bond donors (Lipinski definition) is 1. The number of nitrogens with zero attached hydrogens (tertiary/aromatic N) is 3. The maximum absolute atomic E-state index is 12.9. The van der Waals surface area contributed by atoms with Gasteiger partial charge in [0.1, 0.15) is 11.6 Å². The van der Waals surface area contributed by atoms with Crippen molar-refractivity contribution in [3.8, 4) is 5.75 Å². The normalized spacial score (nSPS) is 11.2. The summed E-state index contributed by atoms with van der Waals surface area (Å²) in [5.41, 5.74) is -0.438. The molecule has 0 radical (unpaired) electrons. The van der Waals surface area contributed by atoms with E-state index >= 15 is 0 Å². The van der Waals surface area contributed by atoms with Gasteiger partial charge in [0.2, 0.25) is 5.95 Å². The second-order valence-electron chi connectivity index (χ2n) is 4.68. The SMILES string of the molecule is COc1ccc(Nc2nc(N(C)C)cc(C(F)(F)F)n2)cc1. The first kappa shape index (κ1) is 15.9. The highest BCUT2D eigenvalue weighted by atomic mass is 19.4. The molecule has 5 nitrogen and oxygen atoms in total. The molecule has 0 fully saturated rings. The second-order valence-corrected chi connectivity index (χ2v) is 4.68. The van der Waals surface area contributed by atoms with Gasteiger partial charge in [0.15, 0.2) is 5.69 Å². The summed E-state index contributed by atoms with van der Waals surface area (Å²) >= 11 is 0. The standard InChI is InChI=1S/C14H15F3N4O/c1-21(2)12-8-11(14(15,16)17)19-13(20-12)18-9-4-6-10(22-3)7-5-9/h4-8H,1-3H3,(H,18,19,20). The molecular formula is C14H15F3N4O. The molecule has 0 saturated carbocycles. The van der Waals surface area contributed by atoms with Crippen LogP contribution in [0.1, 0.15) is 5.69 Å². The molecule has 0 atom stereocenters. The van der Waals surface area contributed by atoms with Gasteiger partial charge in [0, 0.05) is 25.8 Å². The van der Waals surface area contributed by atoms with Crippen molar-refractivity contribution < 1.29 is 17.9 Å². The Morgan fingerprint density at radius 3 is 2.23 bits per heavy atom. The third-order valence-electron chi connectivity index (χ3n) is 2.81. The summed E-state index contributed by atoms with van der Waals surface area (Å²) in [4.78, 5) is 9.06. The van der Waals surface area contributed by atoms with Gasteiger partial charge >= 0.3 is 6.18 Å². The number of alkyl halides is 3. The minimum atomic E-state index is -4.54. The number of ether oxygens (including phenoxy) is 1. The van der Waals surface area contributed by atoms with Gasteiger partial charge in [-0.25, -0.2) is 4.98 Å². The number of rotatable bonds is 4. The fraction of sp³-hybridized carbons (Fsp3) is 0.286. The summed E-state index contributed by atoms with van der Waals surface area (Å²) in [5.74, 6) is 0.687. The monoisotopic (exact) mass is 312 g/mol. The van der Waals surface area contributed by atoms with Crippen molar-refractivity contribution in [2.75, 3.05) is 31.4 Å². The first-order chi connectivity index (χ1) is 10.3. The number of benzene rings is 1. The van der Waals surface area contributed by atoms with Crippen LogP contribution in [0.5, 0.6) is 5.75 Å². The summed E-state index contributed by atoms with van der Waals surface area (Å²) in [6.07, 6.45) is -4.54. The lowest BCUT2D eigenvalue weighted by molar-refractivity contribution is -0.141. The van der Waals surface area contributed by atoms with Gasteiger partial charge in [-0.05, 0) is 24.3 Å². The number of anilines is 3. The van der Waals surface area contributed by atoms with E-state index in [1.165, 1.54) is 12.0 Å². The molecule has 118 valence electrons.